The van der Waals surface area contributed by atoms with Crippen LogP contribution in [0.25, 0.3) is 0 Å². The van der Waals surface area contributed by atoms with Crippen LogP contribution >= 0.6 is 0 Å². The van der Waals surface area contributed by atoms with E-state index in [4.69, 9.17) is 5.73 Å². The first-order chi connectivity index (χ1) is 7.93. The Hall–Kier alpha value is -0.0800. The number of rotatable bonds is 5. The summed E-state index contributed by atoms with van der Waals surface area (Å²) < 4.78 is 0. The standard InChI is InChI=1S/C15H32N2/c1-15(2,3)14-8-6-13(7-9-14)12-17(4)11-5-10-16/h13-14H,5-12,16H2,1-4H3. The lowest BCUT2D eigenvalue weighted by Gasteiger charge is -2.38. The van der Waals surface area contributed by atoms with Gasteiger partial charge in [-0.3, -0.25) is 0 Å². The summed E-state index contributed by atoms with van der Waals surface area (Å²) in [6, 6.07) is 0. The summed E-state index contributed by atoms with van der Waals surface area (Å²) in [4.78, 5) is 2.47. The van der Waals surface area contributed by atoms with Gasteiger partial charge in [0.2, 0.25) is 0 Å². The molecule has 0 aromatic rings. The van der Waals surface area contributed by atoms with Crippen molar-refractivity contribution in [2.75, 3.05) is 26.7 Å². The second kappa shape index (κ2) is 6.75. The first-order valence-corrected chi connectivity index (χ1v) is 7.32. The average molecular weight is 240 g/mol. The van der Waals surface area contributed by atoms with Crippen LogP contribution < -0.4 is 5.73 Å². The summed E-state index contributed by atoms with van der Waals surface area (Å²) in [6.45, 7) is 10.4. The van der Waals surface area contributed by atoms with Gasteiger partial charge in [-0.2, -0.15) is 0 Å². The summed E-state index contributed by atoms with van der Waals surface area (Å²) >= 11 is 0. The predicted octanol–water partition coefficient (Wildman–Crippen LogP) is 3.12. The molecule has 0 radical (unpaired) electrons. The normalized spacial score (nSPS) is 26.5. The van der Waals surface area contributed by atoms with Crippen LogP contribution in [-0.4, -0.2) is 31.6 Å². The molecule has 0 aliphatic heterocycles. The lowest BCUT2D eigenvalue weighted by molar-refractivity contribution is 0.131. The smallest absolute Gasteiger partial charge is 0.000662 e. The van der Waals surface area contributed by atoms with Crippen LogP contribution in [0.2, 0.25) is 0 Å². The molecule has 1 saturated carbocycles. The Morgan fingerprint density at radius 1 is 1.12 bits per heavy atom. The summed E-state index contributed by atoms with van der Waals surface area (Å²) in [5, 5.41) is 0. The molecule has 0 spiro atoms. The maximum Gasteiger partial charge on any atom is 0.000662 e. The van der Waals surface area contributed by atoms with E-state index in [2.05, 4.69) is 32.7 Å². The molecule has 2 nitrogen and oxygen atoms in total. The molecule has 2 heteroatoms. The number of nitrogens with zero attached hydrogens (tertiary/aromatic N) is 1. The van der Waals surface area contributed by atoms with Crippen LogP contribution in [-0.2, 0) is 0 Å². The average Bonchev–Trinajstić information content (AvgIpc) is 2.26. The van der Waals surface area contributed by atoms with E-state index >= 15 is 0 Å². The Kier molecular flexibility index (Phi) is 5.94. The van der Waals surface area contributed by atoms with E-state index in [1.165, 1.54) is 32.2 Å². The molecule has 0 atom stereocenters. The Labute approximate surface area is 108 Å². The van der Waals surface area contributed by atoms with Gasteiger partial charge in [-0.05, 0) is 69.5 Å². The van der Waals surface area contributed by atoms with E-state index in [-0.39, 0.29) is 0 Å². The minimum absolute atomic E-state index is 0.510. The molecule has 1 fully saturated rings. The van der Waals surface area contributed by atoms with Gasteiger partial charge in [-0.15, -0.1) is 0 Å². The fourth-order valence-corrected chi connectivity index (χ4v) is 3.10. The Balaban J connectivity index is 2.23. The lowest BCUT2D eigenvalue weighted by atomic mass is 9.70. The third-order valence-corrected chi connectivity index (χ3v) is 4.39. The molecule has 1 rings (SSSR count). The topological polar surface area (TPSA) is 29.3 Å². The molecule has 2 N–H and O–H groups in total. The zero-order chi connectivity index (χ0) is 12.9. The SMILES string of the molecule is CN(CCCN)CC1CCC(C(C)(C)C)CC1. The fraction of sp³-hybridized carbons (Fsp3) is 1.00. The highest BCUT2D eigenvalue weighted by molar-refractivity contribution is 4.81. The highest BCUT2D eigenvalue weighted by Gasteiger charge is 2.29. The lowest BCUT2D eigenvalue weighted by Crippen LogP contribution is -2.32. The van der Waals surface area contributed by atoms with Gasteiger partial charge in [0.25, 0.3) is 0 Å². The molecule has 0 amide bonds. The molecule has 0 unspecified atom stereocenters. The van der Waals surface area contributed by atoms with Gasteiger partial charge in [0.05, 0.1) is 0 Å². The zero-order valence-electron chi connectivity index (χ0n) is 12.3. The molecule has 0 aromatic heterocycles. The minimum atomic E-state index is 0.510. The first kappa shape index (κ1) is 15.0. The van der Waals surface area contributed by atoms with Crippen molar-refractivity contribution in [3.05, 3.63) is 0 Å². The van der Waals surface area contributed by atoms with Gasteiger partial charge in [-0.1, -0.05) is 20.8 Å². The Morgan fingerprint density at radius 2 is 1.71 bits per heavy atom. The third kappa shape index (κ3) is 5.39. The van der Waals surface area contributed by atoms with E-state index in [1.54, 1.807) is 0 Å². The van der Waals surface area contributed by atoms with Crippen LogP contribution in [0.5, 0.6) is 0 Å². The van der Waals surface area contributed by atoms with E-state index < -0.39 is 0 Å². The largest absolute Gasteiger partial charge is 0.330 e. The van der Waals surface area contributed by atoms with Crippen molar-refractivity contribution in [2.24, 2.45) is 23.0 Å². The third-order valence-electron chi connectivity index (χ3n) is 4.39. The molecular weight excluding hydrogens is 208 g/mol. The van der Waals surface area contributed by atoms with Crippen LogP contribution in [0.3, 0.4) is 0 Å². The van der Waals surface area contributed by atoms with Crippen LogP contribution in [0.15, 0.2) is 0 Å². The molecule has 0 aromatic carbocycles. The molecule has 17 heavy (non-hydrogen) atoms. The molecule has 1 aliphatic carbocycles. The number of nitrogens with two attached hydrogens (primary N) is 1. The van der Waals surface area contributed by atoms with Crippen molar-refractivity contribution in [1.29, 1.82) is 0 Å². The Morgan fingerprint density at radius 3 is 2.18 bits per heavy atom. The number of hydrogen-bond acceptors (Lipinski definition) is 2. The highest BCUT2D eigenvalue weighted by atomic mass is 15.1. The van der Waals surface area contributed by atoms with Crippen molar-refractivity contribution in [1.82, 2.24) is 4.90 Å². The Bertz CT molecular complexity index is 199. The maximum atomic E-state index is 5.55. The van der Waals surface area contributed by atoms with Crippen molar-refractivity contribution in [3.63, 3.8) is 0 Å². The van der Waals surface area contributed by atoms with E-state index in [0.717, 1.165) is 31.3 Å². The van der Waals surface area contributed by atoms with E-state index in [0.29, 0.717) is 5.41 Å². The van der Waals surface area contributed by atoms with Crippen LogP contribution in [0, 0.1) is 17.3 Å². The summed E-state index contributed by atoms with van der Waals surface area (Å²) in [6.07, 6.45) is 6.84. The highest BCUT2D eigenvalue weighted by Crippen LogP contribution is 2.39. The molecule has 102 valence electrons. The number of hydrogen-bond donors (Lipinski definition) is 1. The summed E-state index contributed by atoms with van der Waals surface area (Å²) in [5.41, 5.74) is 6.06. The predicted molar refractivity (Wildman–Crippen MR) is 76.1 cm³/mol. The van der Waals surface area contributed by atoms with Gasteiger partial charge in [0.15, 0.2) is 0 Å². The summed E-state index contributed by atoms with van der Waals surface area (Å²) in [5.74, 6) is 1.87. The van der Waals surface area contributed by atoms with E-state index in [1.807, 2.05) is 0 Å². The van der Waals surface area contributed by atoms with Gasteiger partial charge in [0.1, 0.15) is 0 Å². The van der Waals surface area contributed by atoms with Crippen molar-refractivity contribution in [3.8, 4) is 0 Å². The van der Waals surface area contributed by atoms with Crippen molar-refractivity contribution < 1.29 is 0 Å². The fourth-order valence-electron chi connectivity index (χ4n) is 3.10. The monoisotopic (exact) mass is 240 g/mol. The molecule has 1 aliphatic rings. The maximum absolute atomic E-state index is 5.55. The van der Waals surface area contributed by atoms with Gasteiger partial charge < -0.3 is 10.6 Å². The van der Waals surface area contributed by atoms with Gasteiger partial charge in [0, 0.05) is 6.54 Å². The molecule has 0 heterocycles. The van der Waals surface area contributed by atoms with Crippen LogP contribution in [0.4, 0.5) is 0 Å². The van der Waals surface area contributed by atoms with Gasteiger partial charge >= 0.3 is 0 Å². The van der Waals surface area contributed by atoms with E-state index in [9.17, 15) is 0 Å². The summed E-state index contributed by atoms with van der Waals surface area (Å²) in [7, 11) is 2.24. The zero-order valence-corrected chi connectivity index (χ0v) is 12.3. The second-order valence-corrected chi connectivity index (χ2v) is 6.99. The molecule has 0 saturated heterocycles. The quantitative estimate of drug-likeness (QED) is 0.800. The first-order valence-electron chi connectivity index (χ1n) is 7.32. The van der Waals surface area contributed by atoms with Gasteiger partial charge in [-0.25, -0.2) is 0 Å². The molecular formula is C15H32N2. The minimum Gasteiger partial charge on any atom is -0.330 e. The second-order valence-electron chi connectivity index (χ2n) is 6.99. The van der Waals surface area contributed by atoms with Crippen LogP contribution in [0.1, 0.15) is 52.9 Å². The van der Waals surface area contributed by atoms with Crippen molar-refractivity contribution in [2.45, 2.75) is 52.9 Å². The van der Waals surface area contributed by atoms with Crippen molar-refractivity contribution >= 4 is 0 Å². The molecule has 0 bridgehead atoms.